The molecule has 2 aliphatic rings. The zero-order valence-corrected chi connectivity index (χ0v) is 20.3. The molecule has 1 aliphatic carbocycles. The van der Waals surface area contributed by atoms with Gasteiger partial charge in [-0.1, -0.05) is 49.6 Å². The van der Waals surface area contributed by atoms with Gasteiger partial charge < -0.3 is 20.7 Å². The van der Waals surface area contributed by atoms with Crippen LogP contribution in [0.2, 0.25) is 0 Å². The fraction of sp³-hybridized carbons (Fsp3) is 0.500. The van der Waals surface area contributed by atoms with Crippen LogP contribution in [0.1, 0.15) is 56.1 Å². The number of ether oxygens (including phenoxy) is 1. The summed E-state index contributed by atoms with van der Waals surface area (Å²) < 4.78 is 19.6. The van der Waals surface area contributed by atoms with E-state index in [4.69, 9.17) is 10.5 Å². The SMILES string of the molecule is NC(=O)C1(CCC(=O)NC(COCc2ccccc2)CN2CCc3cc(F)ccc32)CCCCC1. The maximum atomic E-state index is 13.6. The molecule has 7 heteroatoms. The maximum absolute atomic E-state index is 13.6. The first-order valence-electron chi connectivity index (χ1n) is 12.7. The smallest absolute Gasteiger partial charge is 0.223 e. The molecule has 1 fully saturated rings. The van der Waals surface area contributed by atoms with Crippen LogP contribution in [0.25, 0.3) is 0 Å². The molecular formula is C28H36FN3O3. The van der Waals surface area contributed by atoms with E-state index in [2.05, 4.69) is 10.2 Å². The summed E-state index contributed by atoms with van der Waals surface area (Å²) in [6.45, 7) is 2.16. The van der Waals surface area contributed by atoms with Crippen LogP contribution in [0.15, 0.2) is 48.5 Å². The lowest BCUT2D eigenvalue weighted by Gasteiger charge is -2.34. The second-order valence-electron chi connectivity index (χ2n) is 9.94. The van der Waals surface area contributed by atoms with Gasteiger partial charge in [-0.3, -0.25) is 9.59 Å². The summed E-state index contributed by atoms with van der Waals surface area (Å²) in [5.74, 6) is -0.607. The predicted molar refractivity (Wildman–Crippen MR) is 134 cm³/mol. The molecule has 0 radical (unpaired) electrons. The van der Waals surface area contributed by atoms with Crippen LogP contribution in [0.5, 0.6) is 0 Å². The molecule has 6 nitrogen and oxygen atoms in total. The minimum atomic E-state index is -0.563. The van der Waals surface area contributed by atoms with Gasteiger partial charge in [0, 0.05) is 30.6 Å². The molecule has 1 aliphatic heterocycles. The summed E-state index contributed by atoms with van der Waals surface area (Å²) >= 11 is 0. The number of rotatable bonds is 11. The number of primary amides is 1. The molecule has 1 saturated carbocycles. The standard InChI is InChI=1S/C28H36FN3O3/c29-23-9-10-25-22(17-23)12-16-32(25)18-24(20-35-19-21-7-3-1-4-8-21)31-26(33)11-15-28(27(30)34)13-5-2-6-14-28/h1,3-4,7-10,17,24H,2,5-6,11-16,18-20H2,(H2,30,34)(H,31,33). The Morgan fingerprint density at radius 2 is 1.89 bits per heavy atom. The molecule has 3 N–H and O–H groups in total. The zero-order chi connectivity index (χ0) is 24.7. The Kier molecular flexibility index (Phi) is 8.39. The first kappa shape index (κ1) is 25.2. The van der Waals surface area contributed by atoms with Crippen molar-refractivity contribution in [1.82, 2.24) is 5.32 Å². The van der Waals surface area contributed by atoms with Gasteiger partial charge in [0.25, 0.3) is 0 Å². The van der Waals surface area contributed by atoms with Crippen LogP contribution in [0, 0.1) is 11.2 Å². The molecule has 1 heterocycles. The van der Waals surface area contributed by atoms with Crippen LogP contribution in [-0.2, 0) is 27.4 Å². The van der Waals surface area contributed by atoms with Crippen molar-refractivity contribution in [2.24, 2.45) is 11.1 Å². The van der Waals surface area contributed by atoms with Gasteiger partial charge in [0.05, 0.1) is 19.3 Å². The Morgan fingerprint density at radius 3 is 2.63 bits per heavy atom. The second kappa shape index (κ2) is 11.7. The molecule has 2 aromatic rings. The van der Waals surface area contributed by atoms with E-state index in [9.17, 15) is 14.0 Å². The summed E-state index contributed by atoms with van der Waals surface area (Å²) in [5.41, 5.74) is 8.25. The van der Waals surface area contributed by atoms with Gasteiger partial charge in [0.2, 0.25) is 11.8 Å². The fourth-order valence-corrected chi connectivity index (χ4v) is 5.43. The molecule has 1 unspecified atom stereocenters. The lowest BCUT2D eigenvalue weighted by molar-refractivity contribution is -0.131. The summed E-state index contributed by atoms with van der Waals surface area (Å²) in [6.07, 6.45) is 6.13. The first-order chi connectivity index (χ1) is 16.9. The minimum absolute atomic E-state index is 0.0944. The minimum Gasteiger partial charge on any atom is -0.375 e. The molecule has 0 spiro atoms. The van der Waals surface area contributed by atoms with Crippen LogP contribution in [-0.4, -0.2) is 37.6 Å². The third-order valence-corrected chi connectivity index (χ3v) is 7.43. The second-order valence-corrected chi connectivity index (χ2v) is 9.94. The number of benzene rings is 2. The number of nitrogens with one attached hydrogen (secondary N) is 1. The molecule has 2 aromatic carbocycles. The number of nitrogens with two attached hydrogens (primary N) is 1. The normalized spacial score (nSPS) is 17.6. The van der Waals surface area contributed by atoms with Gasteiger partial charge in [0.1, 0.15) is 5.82 Å². The van der Waals surface area contributed by atoms with Crippen LogP contribution in [0.4, 0.5) is 10.1 Å². The van der Waals surface area contributed by atoms with Gasteiger partial charge >= 0.3 is 0 Å². The Balaban J connectivity index is 1.38. The topological polar surface area (TPSA) is 84.7 Å². The quantitative estimate of drug-likeness (QED) is 0.506. The monoisotopic (exact) mass is 481 g/mol. The summed E-state index contributed by atoms with van der Waals surface area (Å²) in [5, 5.41) is 3.14. The van der Waals surface area contributed by atoms with E-state index in [-0.39, 0.29) is 30.1 Å². The zero-order valence-electron chi connectivity index (χ0n) is 20.3. The van der Waals surface area contributed by atoms with Gasteiger partial charge in [-0.25, -0.2) is 4.39 Å². The van der Waals surface area contributed by atoms with E-state index in [1.165, 1.54) is 6.07 Å². The average molecular weight is 482 g/mol. The van der Waals surface area contributed by atoms with Crippen molar-refractivity contribution in [3.05, 3.63) is 65.5 Å². The molecule has 0 bridgehead atoms. The predicted octanol–water partition coefficient (Wildman–Crippen LogP) is 4.11. The molecule has 1 atom stereocenters. The molecule has 4 rings (SSSR count). The highest BCUT2D eigenvalue weighted by Crippen LogP contribution is 2.40. The highest BCUT2D eigenvalue weighted by molar-refractivity contribution is 5.82. The van der Waals surface area contributed by atoms with E-state index in [0.717, 1.165) is 61.9 Å². The van der Waals surface area contributed by atoms with E-state index >= 15 is 0 Å². The highest BCUT2D eigenvalue weighted by atomic mass is 19.1. The molecule has 188 valence electrons. The van der Waals surface area contributed by atoms with E-state index in [0.29, 0.717) is 26.2 Å². The highest BCUT2D eigenvalue weighted by Gasteiger charge is 2.38. The number of anilines is 1. The Morgan fingerprint density at radius 1 is 1.11 bits per heavy atom. The fourth-order valence-electron chi connectivity index (χ4n) is 5.43. The molecule has 0 aromatic heterocycles. The van der Waals surface area contributed by atoms with Crippen LogP contribution < -0.4 is 16.0 Å². The average Bonchev–Trinajstić information content (AvgIpc) is 3.25. The molecule has 0 saturated heterocycles. The van der Waals surface area contributed by atoms with Crippen molar-refractivity contribution in [3.63, 3.8) is 0 Å². The van der Waals surface area contributed by atoms with Gasteiger partial charge in [-0.2, -0.15) is 0 Å². The largest absolute Gasteiger partial charge is 0.375 e. The number of carbonyl (C=O) groups excluding carboxylic acids is 2. The van der Waals surface area contributed by atoms with Gasteiger partial charge in [-0.05, 0) is 55.0 Å². The molecule has 2 amide bonds. The van der Waals surface area contributed by atoms with Crippen molar-refractivity contribution in [3.8, 4) is 0 Å². The lowest BCUT2D eigenvalue weighted by atomic mass is 9.70. The lowest BCUT2D eigenvalue weighted by Crippen LogP contribution is -2.47. The van der Waals surface area contributed by atoms with Crippen molar-refractivity contribution in [1.29, 1.82) is 0 Å². The van der Waals surface area contributed by atoms with E-state index in [1.807, 2.05) is 30.3 Å². The van der Waals surface area contributed by atoms with Crippen molar-refractivity contribution in [2.45, 2.75) is 64.0 Å². The number of halogens is 1. The number of nitrogens with zero attached hydrogens (tertiary/aromatic N) is 1. The Bertz CT molecular complexity index is 1010. The van der Waals surface area contributed by atoms with Crippen LogP contribution in [0.3, 0.4) is 0 Å². The van der Waals surface area contributed by atoms with Crippen molar-refractivity contribution >= 4 is 17.5 Å². The third kappa shape index (κ3) is 6.60. The Labute approximate surface area is 207 Å². The number of hydrogen-bond donors (Lipinski definition) is 2. The summed E-state index contributed by atoms with van der Waals surface area (Å²) in [6, 6.07) is 14.5. The summed E-state index contributed by atoms with van der Waals surface area (Å²) in [7, 11) is 0. The third-order valence-electron chi connectivity index (χ3n) is 7.43. The maximum Gasteiger partial charge on any atom is 0.223 e. The summed E-state index contributed by atoms with van der Waals surface area (Å²) in [4.78, 5) is 27.3. The van der Waals surface area contributed by atoms with Crippen molar-refractivity contribution in [2.75, 3.05) is 24.6 Å². The van der Waals surface area contributed by atoms with E-state index in [1.54, 1.807) is 12.1 Å². The van der Waals surface area contributed by atoms with Crippen LogP contribution >= 0.6 is 0 Å². The van der Waals surface area contributed by atoms with Gasteiger partial charge in [0.15, 0.2) is 0 Å². The number of amides is 2. The molecule has 35 heavy (non-hydrogen) atoms. The van der Waals surface area contributed by atoms with E-state index < -0.39 is 5.41 Å². The number of hydrogen-bond acceptors (Lipinski definition) is 4. The first-order valence-corrected chi connectivity index (χ1v) is 12.7. The van der Waals surface area contributed by atoms with Gasteiger partial charge in [-0.15, -0.1) is 0 Å². The van der Waals surface area contributed by atoms with Crippen molar-refractivity contribution < 1.29 is 18.7 Å². The number of fused-ring (bicyclic) bond motifs is 1. The Hall–Kier alpha value is -2.93. The molecular weight excluding hydrogens is 445 g/mol. The number of carbonyl (C=O) groups is 2.